The van der Waals surface area contributed by atoms with Crippen LogP contribution in [0.15, 0.2) is 35.2 Å². The fraction of sp³-hybridized carbons (Fsp3) is 0.400. The molecule has 0 bridgehead atoms. The van der Waals surface area contributed by atoms with Gasteiger partial charge >= 0.3 is 0 Å². The van der Waals surface area contributed by atoms with Crippen LogP contribution in [0.4, 0.5) is 5.82 Å². The van der Waals surface area contributed by atoms with E-state index in [1.165, 1.54) is 24.2 Å². The van der Waals surface area contributed by atoms with Crippen molar-refractivity contribution >= 4 is 34.4 Å². The van der Waals surface area contributed by atoms with E-state index in [-0.39, 0.29) is 12.5 Å². The number of likely N-dealkylation sites (N-methyl/N-ethyl adjacent to an activating group) is 1. The summed E-state index contributed by atoms with van der Waals surface area (Å²) in [5, 5.41) is 10.9. The molecular formula is C20H24N6OS2. The normalized spacial score (nSPS) is 16.9. The van der Waals surface area contributed by atoms with E-state index in [0.717, 1.165) is 29.5 Å². The number of rotatable bonds is 8. The van der Waals surface area contributed by atoms with E-state index in [1.54, 1.807) is 23.6 Å². The number of carbonyl (C=O) groups excluding carboxylic acids is 1. The van der Waals surface area contributed by atoms with Crippen molar-refractivity contribution < 1.29 is 4.79 Å². The van der Waals surface area contributed by atoms with Crippen LogP contribution in [0.2, 0.25) is 0 Å². The van der Waals surface area contributed by atoms with Crippen molar-refractivity contribution in [3.8, 4) is 21.4 Å². The van der Waals surface area contributed by atoms with Crippen LogP contribution in [0.3, 0.4) is 0 Å². The SMILES string of the molecule is CCN1CCCC1CNCC(=O)Nc1cc(-c2nccs2)nc(-c2cccs2)n1. The summed E-state index contributed by atoms with van der Waals surface area (Å²) in [7, 11) is 0. The molecule has 3 aromatic heterocycles. The van der Waals surface area contributed by atoms with E-state index in [4.69, 9.17) is 0 Å². The molecule has 152 valence electrons. The minimum absolute atomic E-state index is 0.105. The molecule has 4 heterocycles. The van der Waals surface area contributed by atoms with Crippen molar-refractivity contribution in [3.63, 3.8) is 0 Å². The van der Waals surface area contributed by atoms with Crippen molar-refractivity contribution in [2.24, 2.45) is 0 Å². The number of hydrogen-bond acceptors (Lipinski definition) is 8. The van der Waals surface area contributed by atoms with Crippen LogP contribution in [0.1, 0.15) is 19.8 Å². The van der Waals surface area contributed by atoms with Gasteiger partial charge in [0, 0.05) is 30.2 Å². The molecule has 1 aliphatic heterocycles. The molecule has 1 unspecified atom stereocenters. The van der Waals surface area contributed by atoms with E-state index < -0.39 is 0 Å². The average Bonchev–Trinajstić information content (AvgIpc) is 3.50. The third-order valence-electron chi connectivity index (χ3n) is 4.96. The average molecular weight is 429 g/mol. The number of likely N-dealkylation sites (tertiary alicyclic amines) is 1. The highest BCUT2D eigenvalue weighted by molar-refractivity contribution is 7.13. The molecule has 7 nitrogen and oxygen atoms in total. The summed E-state index contributed by atoms with van der Waals surface area (Å²) < 4.78 is 0. The number of thiazole rings is 1. The number of anilines is 1. The Morgan fingerprint density at radius 2 is 2.24 bits per heavy atom. The second-order valence-corrected chi connectivity index (χ2v) is 8.72. The topological polar surface area (TPSA) is 83.0 Å². The Morgan fingerprint density at radius 3 is 3.00 bits per heavy atom. The van der Waals surface area contributed by atoms with Gasteiger partial charge in [-0.1, -0.05) is 13.0 Å². The second-order valence-electron chi connectivity index (χ2n) is 6.88. The minimum Gasteiger partial charge on any atom is -0.309 e. The van der Waals surface area contributed by atoms with Crippen LogP contribution >= 0.6 is 22.7 Å². The molecule has 1 atom stereocenters. The van der Waals surface area contributed by atoms with E-state index in [2.05, 4.69) is 37.4 Å². The zero-order chi connectivity index (χ0) is 20.1. The Hall–Kier alpha value is -2.20. The maximum absolute atomic E-state index is 12.5. The lowest BCUT2D eigenvalue weighted by Gasteiger charge is -2.22. The summed E-state index contributed by atoms with van der Waals surface area (Å²) in [5.41, 5.74) is 0.714. The molecule has 0 radical (unpaired) electrons. The fourth-order valence-corrected chi connectivity index (χ4v) is 4.82. The zero-order valence-electron chi connectivity index (χ0n) is 16.3. The first-order valence-electron chi connectivity index (χ1n) is 9.80. The van der Waals surface area contributed by atoms with Gasteiger partial charge in [-0.3, -0.25) is 9.69 Å². The predicted octanol–water partition coefficient (Wildman–Crippen LogP) is 3.34. The molecule has 0 saturated carbocycles. The van der Waals surface area contributed by atoms with Crippen LogP contribution in [0.5, 0.6) is 0 Å². The van der Waals surface area contributed by atoms with Gasteiger partial charge in [-0.2, -0.15) is 0 Å². The third kappa shape index (κ3) is 5.05. The zero-order valence-corrected chi connectivity index (χ0v) is 17.9. The molecule has 4 rings (SSSR count). The summed E-state index contributed by atoms with van der Waals surface area (Å²) >= 11 is 3.08. The van der Waals surface area contributed by atoms with Gasteiger partial charge in [0.1, 0.15) is 16.5 Å². The van der Waals surface area contributed by atoms with Crippen molar-refractivity contribution in [3.05, 3.63) is 35.2 Å². The lowest BCUT2D eigenvalue weighted by Crippen LogP contribution is -2.40. The van der Waals surface area contributed by atoms with Gasteiger partial charge in [-0.05, 0) is 37.4 Å². The highest BCUT2D eigenvalue weighted by Gasteiger charge is 2.22. The number of amides is 1. The Bertz CT molecular complexity index is 876. The van der Waals surface area contributed by atoms with Gasteiger partial charge < -0.3 is 10.6 Å². The summed E-state index contributed by atoms with van der Waals surface area (Å²) in [6.07, 6.45) is 4.17. The molecule has 0 aliphatic carbocycles. The van der Waals surface area contributed by atoms with Crippen LogP contribution in [-0.4, -0.2) is 58.0 Å². The largest absolute Gasteiger partial charge is 0.309 e. The number of nitrogens with zero attached hydrogens (tertiary/aromatic N) is 4. The molecule has 0 aromatic carbocycles. The number of thiophene rings is 1. The molecule has 1 fully saturated rings. The number of carbonyl (C=O) groups is 1. The number of aromatic nitrogens is 3. The van der Waals surface area contributed by atoms with Gasteiger partial charge in [0.2, 0.25) is 5.91 Å². The summed E-state index contributed by atoms with van der Waals surface area (Å²) in [6.45, 7) is 5.49. The first-order valence-corrected chi connectivity index (χ1v) is 11.6. The Balaban J connectivity index is 1.42. The van der Waals surface area contributed by atoms with Gasteiger partial charge in [0.15, 0.2) is 5.82 Å². The van der Waals surface area contributed by atoms with E-state index in [9.17, 15) is 4.79 Å². The summed E-state index contributed by atoms with van der Waals surface area (Å²) in [4.78, 5) is 29.4. The molecule has 29 heavy (non-hydrogen) atoms. The molecule has 0 spiro atoms. The van der Waals surface area contributed by atoms with Crippen LogP contribution in [0.25, 0.3) is 21.4 Å². The molecule has 1 saturated heterocycles. The maximum Gasteiger partial charge on any atom is 0.239 e. The quantitative estimate of drug-likeness (QED) is 0.573. The summed E-state index contributed by atoms with van der Waals surface area (Å²) in [6, 6.07) is 6.24. The molecule has 2 N–H and O–H groups in total. The van der Waals surface area contributed by atoms with Gasteiger partial charge in [0.25, 0.3) is 0 Å². The Morgan fingerprint density at radius 1 is 1.31 bits per heavy atom. The van der Waals surface area contributed by atoms with Crippen LogP contribution in [0, 0.1) is 0 Å². The predicted molar refractivity (Wildman–Crippen MR) is 118 cm³/mol. The molecular weight excluding hydrogens is 404 g/mol. The van der Waals surface area contributed by atoms with E-state index in [0.29, 0.717) is 23.4 Å². The van der Waals surface area contributed by atoms with Crippen molar-refractivity contribution in [2.75, 3.05) is 31.5 Å². The van der Waals surface area contributed by atoms with Crippen molar-refractivity contribution in [1.82, 2.24) is 25.2 Å². The van der Waals surface area contributed by atoms with Gasteiger partial charge in [0.05, 0.1) is 11.4 Å². The molecule has 1 amide bonds. The molecule has 9 heteroatoms. The first kappa shape index (κ1) is 20.1. The van der Waals surface area contributed by atoms with Crippen LogP contribution < -0.4 is 10.6 Å². The van der Waals surface area contributed by atoms with E-state index >= 15 is 0 Å². The smallest absolute Gasteiger partial charge is 0.239 e. The van der Waals surface area contributed by atoms with Crippen molar-refractivity contribution in [1.29, 1.82) is 0 Å². The lowest BCUT2D eigenvalue weighted by atomic mass is 10.2. The minimum atomic E-state index is -0.105. The van der Waals surface area contributed by atoms with Crippen molar-refractivity contribution in [2.45, 2.75) is 25.8 Å². The van der Waals surface area contributed by atoms with E-state index in [1.807, 2.05) is 22.9 Å². The fourth-order valence-electron chi connectivity index (χ4n) is 3.57. The standard InChI is InChI=1S/C20H24N6OS2/c1-2-26-8-3-5-14(26)12-21-13-18(27)24-17-11-15(20-22-7-10-29-20)23-19(25-17)16-6-4-9-28-16/h4,6-7,9-11,14,21H,2-3,5,8,12-13H2,1H3,(H,23,24,25,27). The van der Waals surface area contributed by atoms with Crippen LogP contribution in [-0.2, 0) is 4.79 Å². The number of hydrogen-bond donors (Lipinski definition) is 2. The molecule has 1 aliphatic rings. The lowest BCUT2D eigenvalue weighted by molar-refractivity contribution is -0.115. The second kappa shape index (κ2) is 9.53. The highest BCUT2D eigenvalue weighted by Crippen LogP contribution is 2.27. The number of nitrogens with one attached hydrogen (secondary N) is 2. The Labute approximate surface area is 178 Å². The van der Waals surface area contributed by atoms with Gasteiger partial charge in [-0.25, -0.2) is 15.0 Å². The highest BCUT2D eigenvalue weighted by atomic mass is 32.1. The monoisotopic (exact) mass is 428 g/mol. The molecule has 3 aromatic rings. The first-order chi connectivity index (χ1) is 14.2. The Kier molecular flexibility index (Phi) is 6.60. The third-order valence-corrected chi connectivity index (χ3v) is 6.62. The van der Waals surface area contributed by atoms with Gasteiger partial charge in [-0.15, -0.1) is 22.7 Å². The summed E-state index contributed by atoms with van der Waals surface area (Å²) in [5.74, 6) is 0.990. The maximum atomic E-state index is 12.5.